The van der Waals surface area contributed by atoms with E-state index in [2.05, 4.69) is 17.1 Å². The third kappa shape index (κ3) is 5.19. The number of amides is 1. The molecule has 4 rings (SSSR count). The Hall–Kier alpha value is -1.48. The molecule has 1 atom stereocenters. The van der Waals surface area contributed by atoms with Gasteiger partial charge in [0.05, 0.1) is 18.1 Å². The van der Waals surface area contributed by atoms with Crippen molar-refractivity contribution in [2.75, 3.05) is 45.9 Å². The normalized spacial score (nSPS) is 25.3. The lowest BCUT2D eigenvalue weighted by Crippen LogP contribution is -2.59. The van der Waals surface area contributed by atoms with Crippen LogP contribution >= 0.6 is 0 Å². The minimum atomic E-state index is -3.51. The van der Waals surface area contributed by atoms with E-state index in [9.17, 15) is 13.2 Å². The largest absolute Gasteiger partial charge is 0.379 e. The van der Waals surface area contributed by atoms with E-state index in [1.807, 2.05) is 0 Å². The van der Waals surface area contributed by atoms with Crippen molar-refractivity contribution in [1.29, 1.82) is 0 Å². The molecule has 1 amide bonds. The lowest BCUT2D eigenvalue weighted by atomic mass is 9.79. The Labute approximate surface area is 192 Å². The summed E-state index contributed by atoms with van der Waals surface area (Å²) >= 11 is 0. The Bertz CT molecular complexity index is 875. The molecule has 32 heavy (non-hydrogen) atoms. The van der Waals surface area contributed by atoms with Gasteiger partial charge in [-0.25, -0.2) is 8.42 Å². The molecule has 2 saturated heterocycles. The van der Waals surface area contributed by atoms with Crippen LogP contribution in [0.4, 0.5) is 0 Å². The van der Waals surface area contributed by atoms with Gasteiger partial charge in [-0.1, -0.05) is 26.2 Å². The van der Waals surface area contributed by atoms with Crippen LogP contribution in [0.2, 0.25) is 0 Å². The number of benzene rings is 1. The number of carbonyl (C=O) groups is 1. The molecule has 0 unspecified atom stereocenters. The lowest BCUT2D eigenvalue weighted by Gasteiger charge is -2.48. The highest BCUT2D eigenvalue weighted by atomic mass is 32.2. The van der Waals surface area contributed by atoms with Crippen LogP contribution in [0, 0.1) is 5.92 Å². The van der Waals surface area contributed by atoms with Crippen LogP contribution in [-0.2, 0) is 14.8 Å². The predicted molar refractivity (Wildman–Crippen MR) is 124 cm³/mol. The smallest absolute Gasteiger partial charge is 0.251 e. The van der Waals surface area contributed by atoms with E-state index in [4.69, 9.17) is 4.74 Å². The summed E-state index contributed by atoms with van der Waals surface area (Å²) in [5.74, 6) is 0.237. The molecule has 2 aliphatic heterocycles. The van der Waals surface area contributed by atoms with Crippen molar-refractivity contribution in [2.24, 2.45) is 5.92 Å². The number of rotatable bonds is 6. The molecule has 8 heteroatoms. The van der Waals surface area contributed by atoms with E-state index in [0.29, 0.717) is 31.1 Å². The van der Waals surface area contributed by atoms with E-state index in [-0.39, 0.29) is 16.3 Å². The van der Waals surface area contributed by atoms with Gasteiger partial charge in [-0.2, -0.15) is 4.31 Å². The molecule has 3 aliphatic rings. The van der Waals surface area contributed by atoms with Gasteiger partial charge < -0.3 is 10.1 Å². The molecular weight excluding hydrogens is 426 g/mol. The van der Waals surface area contributed by atoms with Crippen molar-refractivity contribution in [1.82, 2.24) is 14.5 Å². The van der Waals surface area contributed by atoms with Crippen molar-refractivity contribution < 1.29 is 17.9 Å². The number of hydrogen-bond acceptors (Lipinski definition) is 5. The summed E-state index contributed by atoms with van der Waals surface area (Å²) in [5.41, 5.74) is 0.509. The zero-order valence-corrected chi connectivity index (χ0v) is 20.0. The summed E-state index contributed by atoms with van der Waals surface area (Å²) < 4.78 is 33.1. The number of piperidine rings is 1. The molecule has 1 saturated carbocycles. The fourth-order valence-electron chi connectivity index (χ4n) is 5.49. The zero-order chi connectivity index (χ0) is 22.6. The minimum Gasteiger partial charge on any atom is -0.379 e. The van der Waals surface area contributed by atoms with Crippen LogP contribution in [0.25, 0.3) is 0 Å². The van der Waals surface area contributed by atoms with Crippen molar-refractivity contribution in [3.05, 3.63) is 29.8 Å². The van der Waals surface area contributed by atoms with Gasteiger partial charge in [-0.3, -0.25) is 9.69 Å². The number of hydrogen-bond donors (Lipinski definition) is 1. The summed E-state index contributed by atoms with van der Waals surface area (Å²) in [5, 5.41) is 3.15. The van der Waals surface area contributed by atoms with Crippen molar-refractivity contribution in [3.8, 4) is 0 Å². The first-order valence-electron chi connectivity index (χ1n) is 12.1. The summed E-state index contributed by atoms with van der Waals surface area (Å²) in [7, 11) is -3.51. The third-order valence-corrected chi connectivity index (χ3v) is 9.30. The Morgan fingerprint density at radius 2 is 1.75 bits per heavy atom. The van der Waals surface area contributed by atoms with E-state index in [1.54, 1.807) is 28.6 Å². The molecule has 7 nitrogen and oxygen atoms in total. The fourth-order valence-corrected chi connectivity index (χ4v) is 7.09. The minimum absolute atomic E-state index is 0.00588. The van der Waals surface area contributed by atoms with Crippen LogP contribution in [-0.4, -0.2) is 75.0 Å². The number of nitrogens with zero attached hydrogens (tertiary/aromatic N) is 2. The average molecular weight is 464 g/mol. The molecule has 1 aliphatic carbocycles. The first-order chi connectivity index (χ1) is 15.4. The highest BCUT2D eigenvalue weighted by Crippen LogP contribution is 2.34. The van der Waals surface area contributed by atoms with Crippen molar-refractivity contribution in [2.45, 2.75) is 62.3 Å². The van der Waals surface area contributed by atoms with Gasteiger partial charge >= 0.3 is 0 Å². The molecule has 0 bridgehead atoms. The Kier molecular flexibility index (Phi) is 7.54. The van der Waals surface area contributed by atoms with Gasteiger partial charge in [0.2, 0.25) is 10.0 Å². The number of morpholine rings is 1. The quantitative estimate of drug-likeness (QED) is 0.702. The van der Waals surface area contributed by atoms with E-state index in [0.717, 1.165) is 52.0 Å². The average Bonchev–Trinajstić information content (AvgIpc) is 2.84. The monoisotopic (exact) mass is 463 g/mol. The first-order valence-corrected chi connectivity index (χ1v) is 13.6. The predicted octanol–water partition coefficient (Wildman–Crippen LogP) is 2.87. The van der Waals surface area contributed by atoms with E-state index >= 15 is 0 Å². The molecule has 0 spiro atoms. The fraction of sp³-hybridized carbons (Fsp3) is 0.708. The Balaban J connectivity index is 1.41. The van der Waals surface area contributed by atoms with E-state index in [1.165, 1.54) is 19.3 Å². The lowest BCUT2D eigenvalue weighted by molar-refractivity contribution is -0.0361. The molecular formula is C24H37N3O4S. The topological polar surface area (TPSA) is 79.0 Å². The van der Waals surface area contributed by atoms with E-state index < -0.39 is 10.0 Å². The maximum Gasteiger partial charge on any atom is 0.251 e. The van der Waals surface area contributed by atoms with Gasteiger partial charge in [0, 0.05) is 43.8 Å². The third-order valence-electron chi connectivity index (χ3n) is 7.42. The molecule has 0 aromatic heterocycles. The molecule has 2 heterocycles. The highest BCUT2D eigenvalue weighted by molar-refractivity contribution is 7.89. The van der Waals surface area contributed by atoms with Crippen molar-refractivity contribution >= 4 is 15.9 Å². The van der Waals surface area contributed by atoms with Gasteiger partial charge in [-0.15, -0.1) is 0 Å². The molecule has 1 N–H and O–H groups in total. The highest BCUT2D eigenvalue weighted by Gasteiger charge is 2.39. The molecule has 178 valence electrons. The molecule has 3 fully saturated rings. The van der Waals surface area contributed by atoms with Crippen LogP contribution in [0.3, 0.4) is 0 Å². The first kappa shape index (κ1) is 23.7. The second-order valence-electron chi connectivity index (χ2n) is 9.70. The number of carbonyl (C=O) groups excluding carboxylic acids is 1. The number of sulfonamides is 1. The van der Waals surface area contributed by atoms with Crippen molar-refractivity contribution in [3.63, 3.8) is 0 Å². The summed E-state index contributed by atoms with van der Waals surface area (Å²) in [6.07, 6.45) is 7.79. The van der Waals surface area contributed by atoms with Gasteiger partial charge in [-0.05, 0) is 55.9 Å². The van der Waals surface area contributed by atoms with Crippen LogP contribution < -0.4 is 5.32 Å². The second-order valence-corrected chi connectivity index (χ2v) is 11.6. The number of nitrogens with one attached hydrogen (secondary N) is 1. The summed E-state index contributed by atoms with van der Waals surface area (Å²) in [4.78, 5) is 15.7. The molecule has 1 aromatic carbocycles. The molecule has 0 radical (unpaired) electrons. The zero-order valence-electron chi connectivity index (χ0n) is 19.2. The van der Waals surface area contributed by atoms with Gasteiger partial charge in [0.1, 0.15) is 0 Å². The molecule has 1 aromatic rings. The van der Waals surface area contributed by atoms with Gasteiger partial charge in [0.15, 0.2) is 0 Å². The second kappa shape index (κ2) is 10.2. The van der Waals surface area contributed by atoms with Gasteiger partial charge in [0.25, 0.3) is 5.91 Å². The Morgan fingerprint density at radius 1 is 1.06 bits per heavy atom. The van der Waals surface area contributed by atoms with Crippen LogP contribution in [0.5, 0.6) is 0 Å². The van der Waals surface area contributed by atoms with Crippen LogP contribution in [0.1, 0.15) is 62.2 Å². The van der Waals surface area contributed by atoms with Crippen LogP contribution in [0.15, 0.2) is 29.2 Å². The SMILES string of the molecule is C[C@@H]1CCCN(S(=O)(=O)c2ccc(C(=O)NCC3(N4CCOCC4)CCCCC3)cc2)C1. The Morgan fingerprint density at radius 3 is 2.41 bits per heavy atom. The summed E-state index contributed by atoms with van der Waals surface area (Å²) in [6.45, 7) is 7.17. The maximum atomic E-state index is 13.0. The number of ether oxygens (including phenoxy) is 1. The summed E-state index contributed by atoms with van der Waals surface area (Å²) in [6, 6.07) is 6.42. The standard InChI is InChI=1S/C24H37N3O4S/c1-20-6-5-13-27(18-20)32(29,30)22-9-7-21(8-10-22)23(28)25-19-24(11-3-2-4-12-24)26-14-16-31-17-15-26/h7-10,20H,2-6,11-19H2,1H3,(H,25,28)/t20-/m1/s1. The maximum absolute atomic E-state index is 13.0.